The van der Waals surface area contributed by atoms with Gasteiger partial charge in [0, 0.05) is 36.6 Å². The molecule has 1 aromatic carbocycles. The first kappa shape index (κ1) is 19.9. The van der Waals surface area contributed by atoms with Gasteiger partial charge in [-0.05, 0) is 49.5 Å². The highest BCUT2D eigenvalue weighted by atomic mass is 16.4. The second kappa shape index (κ2) is 7.46. The summed E-state index contributed by atoms with van der Waals surface area (Å²) >= 11 is 0. The number of likely N-dealkylation sites (tertiary alicyclic amines) is 1. The number of carbonyl (C=O) groups is 1. The van der Waals surface area contributed by atoms with Gasteiger partial charge in [0.25, 0.3) is 0 Å². The first-order valence-electron chi connectivity index (χ1n) is 11.1. The Morgan fingerprint density at radius 1 is 1.18 bits per heavy atom. The average Bonchev–Trinajstić information content (AvgIpc) is 3.37. The Morgan fingerprint density at radius 2 is 1.82 bits per heavy atom. The van der Waals surface area contributed by atoms with Crippen LogP contribution in [0.4, 0.5) is 0 Å². The molecule has 0 aromatic heterocycles. The van der Waals surface area contributed by atoms with Gasteiger partial charge in [-0.2, -0.15) is 0 Å². The quantitative estimate of drug-likeness (QED) is 0.769. The van der Waals surface area contributed by atoms with E-state index in [0.29, 0.717) is 18.0 Å². The summed E-state index contributed by atoms with van der Waals surface area (Å²) in [6.07, 6.45) is 6.76. The van der Waals surface area contributed by atoms with Crippen molar-refractivity contribution >= 4 is 5.97 Å². The van der Waals surface area contributed by atoms with Gasteiger partial charge in [-0.15, -0.1) is 0 Å². The third-order valence-corrected chi connectivity index (χ3v) is 7.46. The van der Waals surface area contributed by atoms with Crippen LogP contribution >= 0.6 is 0 Å². The van der Waals surface area contributed by atoms with Gasteiger partial charge >= 0.3 is 5.97 Å². The smallest absolute Gasteiger partial charge is 0.308 e. The molecule has 3 aliphatic rings. The molecule has 0 bridgehead atoms. The van der Waals surface area contributed by atoms with E-state index in [0.717, 1.165) is 38.8 Å². The molecule has 1 unspecified atom stereocenters. The second-order valence-electron chi connectivity index (χ2n) is 10.4. The zero-order valence-corrected chi connectivity index (χ0v) is 17.7. The van der Waals surface area contributed by atoms with E-state index in [1.165, 1.54) is 18.4 Å². The highest BCUT2D eigenvalue weighted by molar-refractivity contribution is 5.73. The average molecular weight is 385 g/mol. The topological polar surface area (TPSA) is 52.6 Å². The normalized spacial score (nSPS) is 29.1. The molecule has 1 aliphatic heterocycles. The molecular weight excluding hydrogens is 348 g/mol. The van der Waals surface area contributed by atoms with Crippen LogP contribution in [0.3, 0.4) is 0 Å². The number of nitrogens with zero attached hydrogens (tertiary/aromatic N) is 1. The van der Waals surface area contributed by atoms with Crippen molar-refractivity contribution < 1.29 is 9.90 Å². The number of carboxylic acids is 1. The van der Waals surface area contributed by atoms with Gasteiger partial charge in [-0.25, -0.2) is 0 Å². The van der Waals surface area contributed by atoms with Crippen molar-refractivity contribution in [2.45, 2.75) is 82.8 Å². The van der Waals surface area contributed by atoms with E-state index < -0.39 is 5.97 Å². The molecule has 4 rings (SSSR count). The Balaban J connectivity index is 1.34. The summed E-state index contributed by atoms with van der Waals surface area (Å²) in [7, 11) is 0. The molecule has 1 aromatic rings. The van der Waals surface area contributed by atoms with Gasteiger partial charge in [-0.3, -0.25) is 9.69 Å². The fourth-order valence-electron chi connectivity index (χ4n) is 5.97. The highest BCUT2D eigenvalue weighted by Gasteiger charge is 2.56. The Morgan fingerprint density at radius 3 is 2.32 bits per heavy atom. The maximum atomic E-state index is 12.2. The molecule has 3 atom stereocenters. The fraction of sp³-hybridized carbons (Fsp3) is 0.708. The summed E-state index contributed by atoms with van der Waals surface area (Å²) in [6, 6.07) is 12.0. The van der Waals surface area contributed by atoms with Crippen LogP contribution in [0.5, 0.6) is 0 Å². The van der Waals surface area contributed by atoms with Crippen molar-refractivity contribution in [3.63, 3.8) is 0 Å². The van der Waals surface area contributed by atoms with Crippen LogP contribution in [0.2, 0.25) is 0 Å². The number of nitrogens with one attached hydrogen (secondary N) is 1. The summed E-state index contributed by atoms with van der Waals surface area (Å²) < 4.78 is 0. The highest BCUT2D eigenvalue weighted by Crippen LogP contribution is 2.51. The van der Waals surface area contributed by atoms with E-state index in [4.69, 9.17) is 0 Å². The molecular formula is C24H36N2O2. The van der Waals surface area contributed by atoms with Gasteiger partial charge in [-0.1, -0.05) is 51.1 Å². The number of hydrogen-bond acceptors (Lipinski definition) is 3. The number of carboxylic acid groups (broad SMARTS) is 1. The molecule has 1 saturated heterocycles. The van der Waals surface area contributed by atoms with Crippen molar-refractivity contribution in [3.8, 4) is 0 Å². The van der Waals surface area contributed by atoms with E-state index in [1.807, 2.05) is 0 Å². The Kier molecular flexibility index (Phi) is 5.30. The fourth-order valence-corrected chi connectivity index (χ4v) is 5.97. The minimum atomic E-state index is -0.615. The number of rotatable bonds is 6. The molecule has 2 aliphatic carbocycles. The molecule has 4 nitrogen and oxygen atoms in total. The van der Waals surface area contributed by atoms with Gasteiger partial charge in [0.2, 0.25) is 0 Å². The van der Waals surface area contributed by atoms with Crippen LogP contribution in [-0.2, 0) is 4.79 Å². The van der Waals surface area contributed by atoms with Gasteiger partial charge in [0.1, 0.15) is 0 Å². The van der Waals surface area contributed by atoms with Crippen molar-refractivity contribution in [1.29, 1.82) is 0 Å². The Hall–Kier alpha value is -1.39. The van der Waals surface area contributed by atoms with Crippen molar-refractivity contribution in [2.75, 3.05) is 13.1 Å². The lowest BCUT2D eigenvalue weighted by molar-refractivity contribution is -0.163. The molecule has 0 spiro atoms. The third-order valence-electron chi connectivity index (χ3n) is 7.46. The minimum Gasteiger partial charge on any atom is -0.481 e. The lowest BCUT2D eigenvalue weighted by atomic mass is 9.58. The number of hydrogen-bond donors (Lipinski definition) is 2. The van der Waals surface area contributed by atoms with Gasteiger partial charge in [0.05, 0.1) is 5.92 Å². The molecule has 4 heteroatoms. The Bertz CT molecular complexity index is 684. The first-order chi connectivity index (χ1) is 13.3. The molecule has 2 N–H and O–H groups in total. The Labute approximate surface area is 169 Å². The van der Waals surface area contributed by atoms with E-state index >= 15 is 0 Å². The third kappa shape index (κ3) is 3.73. The summed E-state index contributed by atoms with van der Waals surface area (Å²) in [4.78, 5) is 14.7. The van der Waals surface area contributed by atoms with Crippen molar-refractivity contribution in [1.82, 2.24) is 10.2 Å². The summed E-state index contributed by atoms with van der Waals surface area (Å²) in [5, 5.41) is 13.9. The van der Waals surface area contributed by atoms with Crippen LogP contribution in [0.25, 0.3) is 0 Å². The predicted octanol–water partition coefficient (Wildman–Crippen LogP) is 4.27. The van der Waals surface area contributed by atoms with Crippen LogP contribution in [0, 0.1) is 11.3 Å². The van der Waals surface area contributed by atoms with Gasteiger partial charge in [0.15, 0.2) is 0 Å². The molecule has 3 fully saturated rings. The molecule has 2 saturated carbocycles. The second-order valence-corrected chi connectivity index (χ2v) is 10.4. The van der Waals surface area contributed by atoms with Crippen LogP contribution in [0.15, 0.2) is 30.3 Å². The molecule has 154 valence electrons. The molecule has 1 heterocycles. The first-order valence-corrected chi connectivity index (χ1v) is 11.1. The maximum Gasteiger partial charge on any atom is 0.308 e. The molecule has 0 radical (unpaired) electrons. The van der Waals surface area contributed by atoms with E-state index in [2.05, 4.69) is 61.3 Å². The van der Waals surface area contributed by atoms with Gasteiger partial charge < -0.3 is 10.4 Å². The van der Waals surface area contributed by atoms with E-state index in [1.54, 1.807) is 0 Å². The summed E-state index contributed by atoms with van der Waals surface area (Å²) in [5.41, 5.74) is 1.12. The summed E-state index contributed by atoms with van der Waals surface area (Å²) in [6.45, 7) is 8.34. The monoisotopic (exact) mass is 384 g/mol. The zero-order valence-electron chi connectivity index (χ0n) is 17.7. The zero-order chi connectivity index (χ0) is 19.9. The minimum absolute atomic E-state index is 0.124. The molecule has 0 amide bonds. The van der Waals surface area contributed by atoms with Crippen molar-refractivity contribution in [2.24, 2.45) is 11.3 Å². The largest absolute Gasteiger partial charge is 0.481 e. The van der Waals surface area contributed by atoms with Crippen LogP contribution in [-0.4, -0.2) is 46.7 Å². The SMILES string of the molecule is CC(C)(C)C(C(=O)O)C1(N2CCC(N[C@@H]3C[C@H]3c3ccccc3)CC2)CCC1. The van der Waals surface area contributed by atoms with Crippen molar-refractivity contribution in [3.05, 3.63) is 35.9 Å². The number of aliphatic carboxylic acids is 1. The standard InChI is InChI=1S/C24H36N2O2/c1-23(2,3)21(22(27)28)24(12-7-13-24)26-14-10-18(11-15-26)25-20-16-19(20)17-8-5-4-6-9-17/h4-6,8-9,18-21,25H,7,10-16H2,1-3H3,(H,27,28)/t19-,20+,21?/m0/s1. The number of benzene rings is 1. The lowest BCUT2D eigenvalue weighted by Gasteiger charge is -2.58. The van der Waals surface area contributed by atoms with E-state index in [-0.39, 0.29) is 16.9 Å². The predicted molar refractivity (Wildman–Crippen MR) is 112 cm³/mol. The van der Waals surface area contributed by atoms with E-state index in [9.17, 15) is 9.90 Å². The number of piperidine rings is 1. The maximum absolute atomic E-state index is 12.2. The lowest BCUT2D eigenvalue weighted by Crippen LogP contribution is -2.65. The van der Waals surface area contributed by atoms with Crippen LogP contribution < -0.4 is 5.32 Å². The molecule has 28 heavy (non-hydrogen) atoms. The summed E-state index contributed by atoms with van der Waals surface area (Å²) in [5.74, 6) is -0.227. The van der Waals surface area contributed by atoms with Crippen LogP contribution in [0.1, 0.15) is 70.8 Å².